The molecule has 2 rings (SSSR count). The standard InChI is InChI=1S/C15H26N2O7Si2/c1-15(2,13(23-25-3)24-26-4)8-7-9(12(19)20)22-11(8)17-6-5-10(18)16-14(17)21/h5-6,8-9,11,13H,7,25-26H2,1-4H3,(H,19,20)(H,16,18,21)/t8-,9+,11+/m0/s1. The number of carboxylic acid groups (broad SMARTS) is 1. The number of aromatic nitrogens is 2. The quantitative estimate of drug-likeness (QED) is 0.430. The zero-order valence-corrected chi connectivity index (χ0v) is 18.3. The maximum atomic E-state index is 12.2. The third-order valence-corrected chi connectivity index (χ3v) is 5.99. The van der Waals surface area contributed by atoms with Crippen LogP contribution in [0.3, 0.4) is 0 Å². The summed E-state index contributed by atoms with van der Waals surface area (Å²) < 4.78 is 18.7. The number of aromatic amines is 1. The summed E-state index contributed by atoms with van der Waals surface area (Å²) in [5, 5.41) is 9.40. The van der Waals surface area contributed by atoms with Crippen molar-refractivity contribution in [2.45, 2.75) is 52.0 Å². The van der Waals surface area contributed by atoms with E-state index in [0.717, 1.165) is 0 Å². The van der Waals surface area contributed by atoms with Gasteiger partial charge in [-0.05, 0) is 6.42 Å². The van der Waals surface area contributed by atoms with Gasteiger partial charge in [-0.1, -0.05) is 26.9 Å². The van der Waals surface area contributed by atoms with E-state index < -0.39 is 60.8 Å². The summed E-state index contributed by atoms with van der Waals surface area (Å²) in [6, 6.07) is 1.21. The van der Waals surface area contributed by atoms with Gasteiger partial charge in [-0.2, -0.15) is 0 Å². The number of nitrogens with zero attached hydrogens (tertiary/aromatic N) is 1. The molecule has 1 aliphatic heterocycles. The molecule has 0 unspecified atom stereocenters. The fraction of sp³-hybridized carbons (Fsp3) is 0.667. The van der Waals surface area contributed by atoms with E-state index in [-0.39, 0.29) is 12.3 Å². The van der Waals surface area contributed by atoms with Crippen molar-refractivity contribution in [3.8, 4) is 0 Å². The highest BCUT2D eigenvalue weighted by atomic mass is 28.2. The lowest BCUT2D eigenvalue weighted by atomic mass is 9.75. The van der Waals surface area contributed by atoms with Crippen molar-refractivity contribution in [2.24, 2.45) is 11.3 Å². The fourth-order valence-corrected chi connectivity index (χ4v) is 5.19. The summed E-state index contributed by atoms with van der Waals surface area (Å²) in [6.45, 7) is 7.87. The van der Waals surface area contributed by atoms with Crippen molar-refractivity contribution in [2.75, 3.05) is 0 Å². The average molecular weight is 403 g/mol. The van der Waals surface area contributed by atoms with Crippen molar-refractivity contribution in [3.05, 3.63) is 33.1 Å². The van der Waals surface area contributed by atoms with Gasteiger partial charge in [0.1, 0.15) is 12.5 Å². The van der Waals surface area contributed by atoms with Crippen molar-refractivity contribution in [1.29, 1.82) is 0 Å². The monoisotopic (exact) mass is 402 g/mol. The van der Waals surface area contributed by atoms with Crippen LogP contribution in [-0.2, 0) is 18.4 Å². The lowest BCUT2D eigenvalue weighted by molar-refractivity contribution is -0.154. The van der Waals surface area contributed by atoms with Crippen molar-refractivity contribution < 1.29 is 23.5 Å². The average Bonchev–Trinajstić information content (AvgIpc) is 3.00. The van der Waals surface area contributed by atoms with Gasteiger partial charge in [-0.3, -0.25) is 14.3 Å². The summed E-state index contributed by atoms with van der Waals surface area (Å²) in [7, 11) is -1.52. The van der Waals surface area contributed by atoms with E-state index in [9.17, 15) is 19.5 Å². The molecule has 2 N–H and O–H groups in total. The molecule has 9 nitrogen and oxygen atoms in total. The molecule has 11 heteroatoms. The molecule has 0 amide bonds. The van der Waals surface area contributed by atoms with E-state index >= 15 is 0 Å². The highest BCUT2D eigenvalue weighted by Crippen LogP contribution is 2.47. The van der Waals surface area contributed by atoms with E-state index in [2.05, 4.69) is 4.98 Å². The molecule has 0 aliphatic carbocycles. The normalized spacial score (nSPS) is 25.5. The van der Waals surface area contributed by atoms with Crippen LogP contribution in [0.1, 0.15) is 26.5 Å². The van der Waals surface area contributed by atoms with Crippen molar-refractivity contribution in [3.63, 3.8) is 0 Å². The van der Waals surface area contributed by atoms with Crippen LogP contribution in [0.2, 0.25) is 13.1 Å². The Morgan fingerprint density at radius 2 is 2.00 bits per heavy atom. The van der Waals surface area contributed by atoms with Crippen LogP contribution in [0.15, 0.2) is 21.9 Å². The molecule has 1 aromatic rings. The van der Waals surface area contributed by atoms with Crippen LogP contribution < -0.4 is 11.2 Å². The number of H-pyrrole nitrogens is 1. The van der Waals surface area contributed by atoms with Crippen LogP contribution >= 0.6 is 0 Å². The molecular formula is C15H26N2O7Si2. The SMILES string of the molecule is C[SiH2]OC(O[SiH2]C)C(C)(C)[C@H]1C[C@H](C(=O)O)O[C@H]1n1ccc(=O)[nH]c1=O. The molecule has 1 saturated heterocycles. The number of nitrogens with one attached hydrogen (secondary N) is 1. The number of carbonyl (C=O) groups is 1. The number of carboxylic acids is 1. The molecule has 1 aliphatic rings. The molecule has 0 radical (unpaired) electrons. The molecule has 26 heavy (non-hydrogen) atoms. The maximum absolute atomic E-state index is 12.2. The van der Waals surface area contributed by atoms with Crippen LogP contribution in [0.4, 0.5) is 0 Å². The number of hydrogen-bond donors (Lipinski definition) is 2. The Balaban J connectivity index is 2.45. The molecule has 146 valence electrons. The van der Waals surface area contributed by atoms with Gasteiger partial charge in [0.15, 0.2) is 25.6 Å². The van der Waals surface area contributed by atoms with E-state index in [1.54, 1.807) is 0 Å². The fourth-order valence-electron chi connectivity index (χ4n) is 3.34. The second kappa shape index (κ2) is 8.44. The Morgan fingerprint density at radius 1 is 1.38 bits per heavy atom. The summed E-state index contributed by atoms with van der Waals surface area (Å²) >= 11 is 0. The minimum absolute atomic E-state index is 0.221. The van der Waals surface area contributed by atoms with Crippen molar-refractivity contribution >= 4 is 25.5 Å². The minimum Gasteiger partial charge on any atom is -0.479 e. The first-order chi connectivity index (χ1) is 12.2. The second-order valence-corrected chi connectivity index (χ2v) is 8.60. The van der Waals surface area contributed by atoms with Crippen molar-refractivity contribution in [1.82, 2.24) is 9.55 Å². The third-order valence-electron chi connectivity index (χ3n) is 4.72. The van der Waals surface area contributed by atoms with Gasteiger partial charge in [0.05, 0.1) is 0 Å². The highest BCUT2D eigenvalue weighted by molar-refractivity contribution is 6.26. The van der Waals surface area contributed by atoms with Gasteiger partial charge in [0.25, 0.3) is 5.56 Å². The first-order valence-corrected chi connectivity index (χ1v) is 12.6. The molecule has 0 bridgehead atoms. The summed E-state index contributed by atoms with van der Waals surface area (Å²) in [6.07, 6.45) is -0.793. The predicted octanol–water partition coefficient (Wildman–Crippen LogP) is -0.826. The molecule has 1 aromatic heterocycles. The lowest BCUT2D eigenvalue weighted by Gasteiger charge is -2.41. The minimum atomic E-state index is -1.08. The highest BCUT2D eigenvalue weighted by Gasteiger charge is 2.51. The molecule has 1 fully saturated rings. The van der Waals surface area contributed by atoms with E-state index in [0.29, 0.717) is 0 Å². The molecule has 2 heterocycles. The van der Waals surface area contributed by atoms with Crippen LogP contribution in [-0.4, -0.2) is 52.5 Å². The van der Waals surface area contributed by atoms with Gasteiger partial charge < -0.3 is 18.7 Å². The smallest absolute Gasteiger partial charge is 0.332 e. The number of ether oxygens (including phenoxy) is 1. The number of hydrogen-bond acceptors (Lipinski definition) is 6. The van der Waals surface area contributed by atoms with Gasteiger partial charge in [-0.25, -0.2) is 9.59 Å². The van der Waals surface area contributed by atoms with Gasteiger partial charge in [-0.15, -0.1) is 0 Å². The first kappa shape index (κ1) is 20.8. The van der Waals surface area contributed by atoms with E-state index in [4.69, 9.17) is 13.6 Å². The predicted molar refractivity (Wildman–Crippen MR) is 99.5 cm³/mol. The van der Waals surface area contributed by atoms with Crippen LogP contribution in [0.25, 0.3) is 0 Å². The Labute approximate surface area is 155 Å². The Morgan fingerprint density at radius 3 is 2.50 bits per heavy atom. The van der Waals surface area contributed by atoms with Crippen LogP contribution in [0.5, 0.6) is 0 Å². The zero-order chi connectivity index (χ0) is 19.5. The maximum Gasteiger partial charge on any atom is 0.332 e. The molecular weight excluding hydrogens is 376 g/mol. The molecule has 0 spiro atoms. The first-order valence-electron chi connectivity index (χ1n) is 8.65. The number of rotatable bonds is 8. The third kappa shape index (κ3) is 4.23. The molecule has 3 atom stereocenters. The van der Waals surface area contributed by atoms with Gasteiger partial charge >= 0.3 is 11.7 Å². The summed E-state index contributed by atoms with van der Waals surface area (Å²) in [5.41, 5.74) is -1.74. The molecule has 0 aromatic carbocycles. The summed E-state index contributed by atoms with van der Waals surface area (Å²) in [5.74, 6) is -1.43. The summed E-state index contributed by atoms with van der Waals surface area (Å²) in [4.78, 5) is 37.3. The van der Waals surface area contributed by atoms with Gasteiger partial charge in [0, 0.05) is 23.6 Å². The second-order valence-electron chi connectivity index (χ2n) is 6.78. The Hall–Kier alpha value is -1.54. The zero-order valence-electron chi connectivity index (χ0n) is 15.4. The Bertz CT molecular complexity index is 742. The largest absolute Gasteiger partial charge is 0.479 e. The van der Waals surface area contributed by atoms with Crippen LogP contribution in [0, 0.1) is 11.3 Å². The van der Waals surface area contributed by atoms with E-state index in [1.807, 2.05) is 26.9 Å². The number of aliphatic carboxylic acids is 1. The Kier molecular flexibility index (Phi) is 6.74. The lowest BCUT2D eigenvalue weighted by Crippen LogP contribution is -2.45. The molecule has 0 saturated carbocycles. The van der Waals surface area contributed by atoms with Gasteiger partial charge in [0.2, 0.25) is 0 Å². The topological polar surface area (TPSA) is 120 Å². The van der Waals surface area contributed by atoms with E-state index in [1.165, 1.54) is 16.8 Å².